The monoisotopic (exact) mass is 290 g/mol. The smallest absolute Gasteiger partial charge is 0.338 e. The quantitative estimate of drug-likeness (QED) is 0.911. The highest BCUT2D eigenvalue weighted by Gasteiger charge is 2.18. The van der Waals surface area contributed by atoms with E-state index in [0.717, 1.165) is 5.56 Å². The third-order valence-corrected chi connectivity index (χ3v) is 2.95. The number of pyridine rings is 1. The first-order valence-electron chi connectivity index (χ1n) is 5.75. The molecular formula is C14H11ClN2O3. The summed E-state index contributed by atoms with van der Waals surface area (Å²) >= 11 is 5.98. The molecule has 0 radical (unpaired) electrons. The minimum atomic E-state index is -1.21. The lowest BCUT2D eigenvalue weighted by molar-refractivity contribution is 0.0691. The molecule has 102 valence electrons. The van der Waals surface area contributed by atoms with Gasteiger partial charge in [0.25, 0.3) is 5.91 Å². The number of aromatic nitrogens is 1. The molecule has 1 aromatic carbocycles. The van der Waals surface area contributed by atoms with Crippen LogP contribution in [0, 0.1) is 6.92 Å². The van der Waals surface area contributed by atoms with Gasteiger partial charge >= 0.3 is 5.97 Å². The number of carboxylic acid groups (broad SMARTS) is 1. The predicted octanol–water partition coefficient (Wildman–Crippen LogP) is 2.99. The number of halogens is 1. The zero-order valence-electron chi connectivity index (χ0n) is 10.6. The SMILES string of the molecule is Cc1ccc(Cl)c(NC(=O)c2ncccc2C(=O)O)c1. The Morgan fingerprint density at radius 3 is 2.75 bits per heavy atom. The van der Waals surface area contributed by atoms with Gasteiger partial charge in [-0.2, -0.15) is 0 Å². The van der Waals surface area contributed by atoms with Crippen LogP contribution < -0.4 is 5.32 Å². The molecule has 0 aliphatic carbocycles. The first-order valence-corrected chi connectivity index (χ1v) is 6.12. The molecule has 2 aromatic rings. The Kier molecular flexibility index (Phi) is 4.00. The number of aryl methyl sites for hydroxylation is 1. The van der Waals surface area contributed by atoms with Crippen LogP contribution >= 0.6 is 11.6 Å². The van der Waals surface area contributed by atoms with Gasteiger partial charge in [-0.25, -0.2) is 4.79 Å². The van der Waals surface area contributed by atoms with E-state index >= 15 is 0 Å². The van der Waals surface area contributed by atoms with Crippen LogP contribution in [-0.2, 0) is 0 Å². The Bertz CT molecular complexity index is 686. The zero-order valence-corrected chi connectivity index (χ0v) is 11.3. The number of amides is 1. The van der Waals surface area contributed by atoms with E-state index in [2.05, 4.69) is 10.3 Å². The second-order valence-electron chi connectivity index (χ2n) is 4.14. The average molecular weight is 291 g/mol. The van der Waals surface area contributed by atoms with Gasteiger partial charge in [0, 0.05) is 6.20 Å². The predicted molar refractivity (Wildman–Crippen MR) is 75.3 cm³/mol. The summed E-state index contributed by atoms with van der Waals surface area (Å²) in [4.78, 5) is 27.0. The van der Waals surface area contributed by atoms with E-state index in [1.54, 1.807) is 18.2 Å². The molecule has 1 amide bonds. The van der Waals surface area contributed by atoms with Gasteiger partial charge in [-0.1, -0.05) is 17.7 Å². The molecule has 0 saturated heterocycles. The normalized spacial score (nSPS) is 10.1. The van der Waals surface area contributed by atoms with Crippen molar-refractivity contribution in [2.24, 2.45) is 0 Å². The van der Waals surface area contributed by atoms with Crippen LogP contribution in [0.5, 0.6) is 0 Å². The molecule has 6 heteroatoms. The third-order valence-electron chi connectivity index (χ3n) is 2.62. The van der Waals surface area contributed by atoms with Crippen LogP contribution in [0.15, 0.2) is 36.5 Å². The summed E-state index contributed by atoms with van der Waals surface area (Å²) in [5.74, 6) is -1.82. The van der Waals surface area contributed by atoms with E-state index in [0.29, 0.717) is 10.7 Å². The molecule has 0 saturated carbocycles. The Labute approximate surface area is 120 Å². The van der Waals surface area contributed by atoms with Gasteiger partial charge in [-0.05, 0) is 36.8 Å². The Balaban J connectivity index is 2.33. The Morgan fingerprint density at radius 2 is 2.05 bits per heavy atom. The molecule has 2 N–H and O–H groups in total. The topological polar surface area (TPSA) is 79.3 Å². The van der Waals surface area contributed by atoms with E-state index in [1.807, 2.05) is 6.92 Å². The molecule has 0 unspecified atom stereocenters. The van der Waals surface area contributed by atoms with Crippen molar-refractivity contribution < 1.29 is 14.7 Å². The van der Waals surface area contributed by atoms with Crippen LogP contribution in [0.3, 0.4) is 0 Å². The van der Waals surface area contributed by atoms with Crippen LogP contribution in [0.1, 0.15) is 26.4 Å². The molecular weight excluding hydrogens is 280 g/mol. The van der Waals surface area contributed by atoms with Gasteiger partial charge in [-0.15, -0.1) is 0 Å². The lowest BCUT2D eigenvalue weighted by atomic mass is 10.1. The fourth-order valence-electron chi connectivity index (χ4n) is 1.68. The molecule has 1 aromatic heterocycles. The molecule has 2 rings (SSSR count). The van der Waals surface area contributed by atoms with Crippen molar-refractivity contribution >= 4 is 29.2 Å². The van der Waals surface area contributed by atoms with Crippen molar-refractivity contribution in [3.63, 3.8) is 0 Å². The first-order chi connectivity index (χ1) is 9.49. The molecule has 5 nitrogen and oxygen atoms in total. The van der Waals surface area contributed by atoms with E-state index < -0.39 is 11.9 Å². The number of carbonyl (C=O) groups excluding carboxylic acids is 1. The summed E-state index contributed by atoms with van der Waals surface area (Å²) in [6.07, 6.45) is 1.36. The standard InChI is InChI=1S/C14H11ClN2O3/c1-8-4-5-10(15)11(7-8)17-13(18)12-9(14(19)20)3-2-6-16-12/h2-7H,1H3,(H,17,18)(H,19,20). The van der Waals surface area contributed by atoms with Gasteiger partial charge in [0.05, 0.1) is 16.3 Å². The van der Waals surface area contributed by atoms with Crippen molar-refractivity contribution in [2.75, 3.05) is 5.32 Å². The van der Waals surface area contributed by atoms with E-state index in [-0.39, 0.29) is 11.3 Å². The molecule has 0 spiro atoms. The number of hydrogen-bond donors (Lipinski definition) is 2. The van der Waals surface area contributed by atoms with E-state index in [9.17, 15) is 9.59 Å². The highest BCUT2D eigenvalue weighted by atomic mass is 35.5. The summed E-state index contributed by atoms with van der Waals surface area (Å²) in [6, 6.07) is 7.94. The number of anilines is 1. The van der Waals surface area contributed by atoms with Gasteiger partial charge in [0.2, 0.25) is 0 Å². The summed E-state index contributed by atoms with van der Waals surface area (Å²) in [5.41, 5.74) is 1.02. The number of hydrogen-bond acceptors (Lipinski definition) is 3. The molecule has 0 fully saturated rings. The fourth-order valence-corrected chi connectivity index (χ4v) is 1.84. The number of nitrogens with zero attached hydrogens (tertiary/aromatic N) is 1. The number of carbonyl (C=O) groups is 2. The van der Waals surface area contributed by atoms with Crippen molar-refractivity contribution in [1.29, 1.82) is 0 Å². The minimum absolute atomic E-state index is 0.155. The number of aromatic carboxylic acids is 1. The van der Waals surface area contributed by atoms with Crippen molar-refractivity contribution in [3.8, 4) is 0 Å². The summed E-state index contributed by atoms with van der Waals surface area (Å²) in [6.45, 7) is 1.86. The maximum Gasteiger partial charge on any atom is 0.338 e. The largest absolute Gasteiger partial charge is 0.478 e. The Hall–Kier alpha value is -2.40. The lowest BCUT2D eigenvalue weighted by Gasteiger charge is -2.09. The minimum Gasteiger partial charge on any atom is -0.478 e. The lowest BCUT2D eigenvalue weighted by Crippen LogP contribution is -2.18. The van der Waals surface area contributed by atoms with Crippen molar-refractivity contribution in [2.45, 2.75) is 6.92 Å². The maximum absolute atomic E-state index is 12.1. The number of nitrogens with one attached hydrogen (secondary N) is 1. The molecule has 0 aliphatic heterocycles. The maximum atomic E-state index is 12.1. The third kappa shape index (κ3) is 2.95. The molecule has 0 atom stereocenters. The number of rotatable bonds is 3. The highest BCUT2D eigenvalue weighted by Crippen LogP contribution is 2.23. The number of carboxylic acids is 1. The molecule has 20 heavy (non-hydrogen) atoms. The van der Waals surface area contributed by atoms with Gasteiger partial charge in [0.15, 0.2) is 0 Å². The number of benzene rings is 1. The fraction of sp³-hybridized carbons (Fsp3) is 0.0714. The van der Waals surface area contributed by atoms with Crippen LogP contribution in [0.25, 0.3) is 0 Å². The first kappa shape index (κ1) is 14.0. The molecule has 0 bridgehead atoms. The summed E-state index contributed by atoms with van der Waals surface area (Å²) < 4.78 is 0. The molecule has 0 aliphatic rings. The van der Waals surface area contributed by atoms with E-state index in [4.69, 9.17) is 16.7 Å². The Morgan fingerprint density at radius 1 is 1.30 bits per heavy atom. The zero-order chi connectivity index (χ0) is 14.7. The average Bonchev–Trinajstić information content (AvgIpc) is 2.42. The van der Waals surface area contributed by atoms with Gasteiger partial charge in [-0.3, -0.25) is 9.78 Å². The second kappa shape index (κ2) is 5.71. The van der Waals surface area contributed by atoms with Crippen LogP contribution in [0.4, 0.5) is 5.69 Å². The highest BCUT2D eigenvalue weighted by molar-refractivity contribution is 6.34. The summed E-state index contributed by atoms with van der Waals surface area (Å²) in [7, 11) is 0. The van der Waals surface area contributed by atoms with Crippen molar-refractivity contribution in [3.05, 3.63) is 58.4 Å². The molecule has 1 heterocycles. The van der Waals surface area contributed by atoms with E-state index in [1.165, 1.54) is 18.3 Å². The van der Waals surface area contributed by atoms with Crippen molar-refractivity contribution in [1.82, 2.24) is 4.98 Å². The van der Waals surface area contributed by atoms with Crippen LogP contribution in [-0.4, -0.2) is 22.0 Å². The van der Waals surface area contributed by atoms with Crippen LogP contribution in [0.2, 0.25) is 5.02 Å². The second-order valence-corrected chi connectivity index (χ2v) is 4.55. The summed E-state index contributed by atoms with van der Waals surface area (Å²) in [5, 5.41) is 12.0. The van der Waals surface area contributed by atoms with Gasteiger partial charge in [0.1, 0.15) is 5.69 Å². The van der Waals surface area contributed by atoms with Gasteiger partial charge < -0.3 is 10.4 Å².